The standard InChI is InChI=1S/C16H23ClO/c1-10-4-7-14(15(17)8-10)16(18)13-6-5-11(2)12(3)9-13/h4,7-8,11-13,16,18H,5-6,9H2,1-3H3. The highest BCUT2D eigenvalue weighted by molar-refractivity contribution is 6.31. The SMILES string of the molecule is Cc1ccc(C(O)C2CCC(C)C(C)C2)c(Cl)c1. The van der Waals surface area contributed by atoms with E-state index >= 15 is 0 Å². The smallest absolute Gasteiger partial charge is 0.0832 e. The predicted octanol–water partition coefficient (Wildman–Crippen LogP) is 4.75. The molecular weight excluding hydrogens is 244 g/mol. The van der Waals surface area contributed by atoms with Crippen LogP contribution < -0.4 is 0 Å². The van der Waals surface area contributed by atoms with Crippen LogP contribution in [0.25, 0.3) is 0 Å². The molecule has 1 aromatic rings. The summed E-state index contributed by atoms with van der Waals surface area (Å²) in [6.07, 6.45) is 3.02. The van der Waals surface area contributed by atoms with Crippen LogP contribution in [0, 0.1) is 24.7 Å². The van der Waals surface area contributed by atoms with Crippen LogP contribution in [0.5, 0.6) is 0 Å². The summed E-state index contributed by atoms with van der Waals surface area (Å²) in [6.45, 7) is 6.62. The van der Waals surface area contributed by atoms with Crippen LogP contribution in [0.1, 0.15) is 50.3 Å². The van der Waals surface area contributed by atoms with Gasteiger partial charge in [-0.05, 0) is 54.7 Å². The van der Waals surface area contributed by atoms with E-state index in [1.165, 1.54) is 6.42 Å². The van der Waals surface area contributed by atoms with E-state index in [-0.39, 0.29) is 0 Å². The fourth-order valence-corrected chi connectivity index (χ4v) is 3.35. The Labute approximate surface area is 115 Å². The summed E-state index contributed by atoms with van der Waals surface area (Å²) >= 11 is 6.25. The van der Waals surface area contributed by atoms with Crippen LogP contribution in [0.3, 0.4) is 0 Å². The summed E-state index contributed by atoms with van der Waals surface area (Å²) in [5.41, 5.74) is 2.04. The highest BCUT2D eigenvalue weighted by atomic mass is 35.5. The average Bonchev–Trinajstić information content (AvgIpc) is 2.32. The van der Waals surface area contributed by atoms with Gasteiger partial charge in [-0.15, -0.1) is 0 Å². The first-order valence-electron chi connectivity index (χ1n) is 6.93. The van der Waals surface area contributed by atoms with Crippen molar-refractivity contribution in [2.24, 2.45) is 17.8 Å². The van der Waals surface area contributed by atoms with E-state index in [4.69, 9.17) is 11.6 Å². The Bertz CT molecular complexity index is 416. The number of benzene rings is 1. The van der Waals surface area contributed by atoms with Crippen LogP contribution in [0.15, 0.2) is 18.2 Å². The lowest BCUT2D eigenvalue weighted by Crippen LogP contribution is -2.25. The maximum Gasteiger partial charge on any atom is 0.0832 e. The van der Waals surface area contributed by atoms with Crippen molar-refractivity contribution in [3.8, 4) is 0 Å². The molecule has 4 unspecified atom stereocenters. The van der Waals surface area contributed by atoms with Crippen molar-refractivity contribution >= 4 is 11.6 Å². The molecule has 1 fully saturated rings. The van der Waals surface area contributed by atoms with Crippen molar-refractivity contribution in [1.82, 2.24) is 0 Å². The van der Waals surface area contributed by atoms with Crippen molar-refractivity contribution in [3.63, 3.8) is 0 Å². The lowest BCUT2D eigenvalue weighted by atomic mass is 9.73. The van der Waals surface area contributed by atoms with E-state index in [0.717, 1.165) is 29.9 Å². The molecule has 0 bridgehead atoms. The summed E-state index contributed by atoms with van der Waals surface area (Å²) < 4.78 is 0. The van der Waals surface area contributed by atoms with Crippen molar-refractivity contribution in [2.45, 2.75) is 46.1 Å². The van der Waals surface area contributed by atoms with E-state index in [2.05, 4.69) is 13.8 Å². The molecule has 1 nitrogen and oxygen atoms in total. The second-order valence-corrected chi connectivity index (χ2v) is 6.40. The molecule has 2 rings (SSSR count). The maximum absolute atomic E-state index is 10.5. The Kier molecular flexibility index (Phi) is 4.34. The normalized spacial score (nSPS) is 30.2. The summed E-state index contributed by atoms with van der Waals surface area (Å²) in [5, 5.41) is 11.2. The third-order valence-corrected chi connectivity index (χ3v) is 4.89. The molecule has 18 heavy (non-hydrogen) atoms. The van der Waals surface area contributed by atoms with Gasteiger partial charge in [0.05, 0.1) is 6.10 Å². The van der Waals surface area contributed by atoms with Gasteiger partial charge in [-0.1, -0.05) is 44.0 Å². The van der Waals surface area contributed by atoms with Crippen molar-refractivity contribution in [3.05, 3.63) is 34.3 Å². The van der Waals surface area contributed by atoms with Crippen LogP contribution in [0.2, 0.25) is 5.02 Å². The zero-order valence-electron chi connectivity index (χ0n) is 11.5. The molecular formula is C16H23ClO. The number of hydrogen-bond acceptors (Lipinski definition) is 1. The number of aliphatic hydroxyl groups excluding tert-OH is 1. The Morgan fingerprint density at radius 2 is 1.94 bits per heavy atom. The van der Waals surface area contributed by atoms with Crippen LogP contribution >= 0.6 is 11.6 Å². The van der Waals surface area contributed by atoms with Crippen molar-refractivity contribution in [2.75, 3.05) is 0 Å². The Hall–Kier alpha value is -0.530. The molecule has 1 aromatic carbocycles. The minimum Gasteiger partial charge on any atom is -0.388 e. The maximum atomic E-state index is 10.5. The van der Waals surface area contributed by atoms with E-state index < -0.39 is 6.10 Å². The number of hydrogen-bond donors (Lipinski definition) is 1. The zero-order chi connectivity index (χ0) is 13.3. The molecule has 1 N–H and O–H groups in total. The van der Waals surface area contributed by atoms with Crippen LogP contribution in [-0.4, -0.2) is 5.11 Å². The first-order chi connectivity index (χ1) is 8.49. The van der Waals surface area contributed by atoms with Gasteiger partial charge >= 0.3 is 0 Å². The molecule has 0 aromatic heterocycles. The number of aryl methyl sites for hydroxylation is 1. The largest absolute Gasteiger partial charge is 0.388 e. The van der Waals surface area contributed by atoms with Gasteiger partial charge in [0.25, 0.3) is 0 Å². The van der Waals surface area contributed by atoms with E-state index in [1.54, 1.807) is 0 Å². The molecule has 1 aliphatic rings. The van der Waals surface area contributed by atoms with E-state index in [1.807, 2.05) is 25.1 Å². The second-order valence-electron chi connectivity index (χ2n) is 6.00. The van der Waals surface area contributed by atoms with Crippen LogP contribution in [0.4, 0.5) is 0 Å². The Morgan fingerprint density at radius 3 is 2.56 bits per heavy atom. The number of halogens is 1. The molecule has 2 heteroatoms. The Morgan fingerprint density at radius 1 is 1.22 bits per heavy atom. The van der Waals surface area contributed by atoms with E-state index in [9.17, 15) is 5.11 Å². The molecule has 0 heterocycles. The highest BCUT2D eigenvalue weighted by Crippen LogP contribution is 2.41. The summed E-state index contributed by atoms with van der Waals surface area (Å²) in [6, 6.07) is 5.94. The van der Waals surface area contributed by atoms with Crippen molar-refractivity contribution < 1.29 is 5.11 Å². The quantitative estimate of drug-likeness (QED) is 0.819. The molecule has 0 radical (unpaired) electrons. The van der Waals surface area contributed by atoms with Gasteiger partial charge in [-0.25, -0.2) is 0 Å². The van der Waals surface area contributed by atoms with Gasteiger partial charge in [0.2, 0.25) is 0 Å². The molecule has 0 amide bonds. The van der Waals surface area contributed by atoms with Crippen molar-refractivity contribution in [1.29, 1.82) is 0 Å². The number of rotatable bonds is 2. The lowest BCUT2D eigenvalue weighted by molar-refractivity contribution is 0.0562. The van der Waals surface area contributed by atoms with E-state index in [0.29, 0.717) is 16.9 Å². The molecule has 4 atom stereocenters. The van der Waals surface area contributed by atoms with Gasteiger partial charge < -0.3 is 5.11 Å². The number of aliphatic hydroxyl groups is 1. The predicted molar refractivity (Wildman–Crippen MR) is 76.8 cm³/mol. The molecule has 1 aliphatic carbocycles. The second kappa shape index (κ2) is 5.63. The van der Waals surface area contributed by atoms with Gasteiger partial charge in [0.15, 0.2) is 0 Å². The molecule has 0 spiro atoms. The Balaban J connectivity index is 2.13. The summed E-state index contributed by atoms with van der Waals surface area (Å²) in [5.74, 6) is 1.83. The molecule has 1 saturated carbocycles. The average molecular weight is 267 g/mol. The third kappa shape index (κ3) is 2.89. The first kappa shape index (κ1) is 13.9. The topological polar surface area (TPSA) is 20.2 Å². The monoisotopic (exact) mass is 266 g/mol. The molecule has 100 valence electrons. The van der Waals surface area contributed by atoms with Gasteiger partial charge in [0, 0.05) is 5.02 Å². The first-order valence-corrected chi connectivity index (χ1v) is 7.31. The van der Waals surface area contributed by atoms with Crippen LogP contribution in [-0.2, 0) is 0 Å². The minimum atomic E-state index is -0.409. The summed E-state index contributed by atoms with van der Waals surface area (Å²) in [7, 11) is 0. The lowest BCUT2D eigenvalue weighted by Gasteiger charge is -2.35. The third-order valence-electron chi connectivity index (χ3n) is 4.56. The minimum absolute atomic E-state index is 0.358. The van der Waals surface area contributed by atoms with Gasteiger partial charge in [-0.3, -0.25) is 0 Å². The summed E-state index contributed by atoms with van der Waals surface area (Å²) in [4.78, 5) is 0. The van der Waals surface area contributed by atoms with Gasteiger partial charge in [0.1, 0.15) is 0 Å². The fourth-order valence-electron chi connectivity index (χ4n) is 3.00. The molecule has 0 saturated heterocycles. The molecule has 0 aliphatic heterocycles. The van der Waals surface area contributed by atoms with Gasteiger partial charge in [-0.2, -0.15) is 0 Å². The highest BCUT2D eigenvalue weighted by Gasteiger charge is 2.30. The fraction of sp³-hybridized carbons (Fsp3) is 0.625. The zero-order valence-corrected chi connectivity index (χ0v) is 12.2.